The van der Waals surface area contributed by atoms with Gasteiger partial charge in [0, 0.05) is 53.3 Å². The van der Waals surface area contributed by atoms with Crippen LogP contribution in [-0.4, -0.2) is 138 Å². The minimum Gasteiger partial charge on any atom is -0.481 e. The van der Waals surface area contributed by atoms with Gasteiger partial charge in [-0.1, -0.05) is 12.1 Å². The predicted molar refractivity (Wildman–Crippen MR) is 225 cm³/mol. The van der Waals surface area contributed by atoms with Crippen molar-refractivity contribution in [2.24, 2.45) is 0 Å². The third-order valence-corrected chi connectivity index (χ3v) is 10.1. The lowest BCUT2D eigenvalue weighted by molar-refractivity contribution is -0.172. The number of benzene rings is 2. The van der Waals surface area contributed by atoms with E-state index in [1.807, 2.05) is 6.07 Å². The summed E-state index contributed by atoms with van der Waals surface area (Å²) in [5.41, 5.74) is -0.0972. The maximum Gasteiger partial charge on any atom is 0.363 e. The normalized spacial score (nSPS) is 14.3. The Morgan fingerprint density at radius 2 is 1.11 bits per heavy atom. The van der Waals surface area contributed by atoms with Crippen LogP contribution in [0.4, 0.5) is 0 Å². The van der Waals surface area contributed by atoms with Crippen molar-refractivity contribution in [1.82, 2.24) is 31.6 Å². The molecule has 0 aliphatic carbocycles. The zero-order chi connectivity index (χ0) is 47.5. The fraction of sp³-hybridized carbons (Fsp3) is 0.450. The number of nitrogens with zero attached hydrogens (tertiary/aromatic N) is 1. The molecule has 1 saturated heterocycles. The summed E-state index contributed by atoms with van der Waals surface area (Å²) >= 11 is 2.06. The molecule has 348 valence electrons. The lowest BCUT2D eigenvalue weighted by Gasteiger charge is -2.26. The Morgan fingerprint density at radius 1 is 0.609 bits per heavy atom. The van der Waals surface area contributed by atoms with Crippen molar-refractivity contribution in [3.8, 4) is 0 Å². The topological polar surface area (TPSA) is 365 Å². The molecule has 1 heterocycles. The van der Waals surface area contributed by atoms with Crippen molar-refractivity contribution < 1.29 is 83.4 Å². The number of halogens is 1. The third-order valence-electron chi connectivity index (χ3n) is 9.41. The molecule has 4 atom stereocenters. The highest BCUT2D eigenvalue weighted by atomic mass is 127. The zero-order valence-corrected chi connectivity index (χ0v) is 36.2. The minimum absolute atomic E-state index is 0.120. The van der Waals surface area contributed by atoms with Crippen LogP contribution >= 0.6 is 22.6 Å². The molecule has 24 heteroatoms. The van der Waals surface area contributed by atoms with Crippen LogP contribution in [0.2, 0.25) is 0 Å². The molecule has 0 unspecified atom stereocenters. The molecular weight excluding hydrogens is 963 g/mol. The lowest BCUT2D eigenvalue weighted by Crippen LogP contribution is -2.58. The average Bonchev–Trinajstić information content (AvgIpc) is 3.56. The highest BCUT2D eigenvalue weighted by Crippen LogP contribution is 2.16. The molecule has 0 radical (unpaired) electrons. The summed E-state index contributed by atoms with van der Waals surface area (Å²) in [6.07, 6.45) is -7.16. The summed E-state index contributed by atoms with van der Waals surface area (Å²) in [5.74, 6) is -10.3. The number of rotatable bonds is 26. The summed E-state index contributed by atoms with van der Waals surface area (Å²) in [4.78, 5) is 131. The number of nitrogens with one attached hydrogen (secondary N) is 5. The third kappa shape index (κ3) is 17.6. The van der Waals surface area contributed by atoms with E-state index in [0.717, 1.165) is 9.64 Å². The first-order valence-corrected chi connectivity index (χ1v) is 20.9. The number of imide groups is 1. The Morgan fingerprint density at radius 3 is 1.64 bits per heavy atom. The largest absolute Gasteiger partial charge is 0.481 e. The van der Waals surface area contributed by atoms with Gasteiger partial charge in [-0.05, 0) is 97.5 Å². The number of hydrogen-bond donors (Lipinski definition) is 11. The molecule has 0 aromatic heterocycles. The molecule has 0 bridgehead atoms. The van der Waals surface area contributed by atoms with E-state index in [2.05, 4.69) is 49.2 Å². The SMILES string of the molecule is O=C(O)CC[C@@H](NC(=O)[C@@H](CCC(O)O)NC(=O)c1cccc(C(=O)ON2C(=O)CCC2=O)c1)C(=O)N[C@H](CCC(O)O)C(=O)N[C@H](CCCCNC(=O)c1cccc(I)c1)C(=O)O. The molecule has 3 rings (SSSR count). The standard InChI is InChI=1S/C40H49IN6O17/c41-24-8-4-6-22(20-24)34(56)42-18-2-1-9-28(39(61)62)46-38(60)27(12-17-33(54)55)45-37(59)26(11-16-32(52)53)44-36(58)25(10-15-31(50)51)43-35(57)21-5-3-7-23(19-21)40(63)64-47-29(48)13-14-30(47)49/h3-8,19-20,25-28,31,33,50-51,54-55H,1-2,9-18H2,(H,42,56)(H,43,57)(H,44,58)(H,45,59)(H,46,60)(H,52,53)(H,61,62)/t25-,26-,27-,28-/m1/s1. The van der Waals surface area contributed by atoms with Crippen LogP contribution in [0.15, 0.2) is 48.5 Å². The summed E-state index contributed by atoms with van der Waals surface area (Å²) in [7, 11) is 0. The molecule has 1 aliphatic heterocycles. The number of unbranched alkanes of at least 4 members (excludes halogenated alkanes) is 1. The lowest BCUT2D eigenvalue weighted by atomic mass is 10.0. The molecule has 23 nitrogen and oxygen atoms in total. The van der Waals surface area contributed by atoms with Crippen molar-refractivity contribution in [2.75, 3.05) is 6.54 Å². The second-order valence-corrected chi connectivity index (χ2v) is 15.6. The number of carbonyl (C=O) groups excluding carboxylic acids is 8. The van der Waals surface area contributed by atoms with Crippen molar-refractivity contribution in [1.29, 1.82) is 0 Å². The second-order valence-electron chi connectivity index (χ2n) is 14.4. The summed E-state index contributed by atoms with van der Waals surface area (Å²) in [6.45, 7) is 0.183. The number of carboxylic acids is 2. The molecule has 2 aromatic rings. The van der Waals surface area contributed by atoms with Crippen LogP contribution in [0.1, 0.15) is 102 Å². The fourth-order valence-corrected chi connectivity index (χ4v) is 6.55. The molecule has 1 fully saturated rings. The van der Waals surface area contributed by atoms with E-state index in [1.54, 1.807) is 18.2 Å². The Balaban J connectivity index is 1.72. The van der Waals surface area contributed by atoms with E-state index in [4.69, 9.17) is 4.84 Å². The van der Waals surface area contributed by atoms with Crippen LogP contribution in [0.3, 0.4) is 0 Å². The molecule has 1 aliphatic rings. The maximum atomic E-state index is 13.7. The number of carbonyl (C=O) groups is 10. The molecule has 0 saturated carbocycles. The van der Waals surface area contributed by atoms with Gasteiger partial charge in [0.2, 0.25) is 17.7 Å². The fourth-order valence-electron chi connectivity index (χ4n) is 6.01. The van der Waals surface area contributed by atoms with Gasteiger partial charge in [0.1, 0.15) is 24.2 Å². The van der Waals surface area contributed by atoms with Gasteiger partial charge in [-0.15, -0.1) is 5.06 Å². The maximum absolute atomic E-state index is 13.7. The summed E-state index contributed by atoms with van der Waals surface area (Å²) in [5, 5.41) is 69.5. The number of amides is 7. The second kappa shape index (κ2) is 25.9. The highest BCUT2D eigenvalue weighted by molar-refractivity contribution is 14.1. The van der Waals surface area contributed by atoms with Crippen LogP contribution in [0, 0.1) is 3.57 Å². The molecule has 2 aromatic carbocycles. The van der Waals surface area contributed by atoms with Crippen LogP contribution in [0.5, 0.6) is 0 Å². The van der Waals surface area contributed by atoms with E-state index in [9.17, 15) is 78.6 Å². The number of aliphatic hydroxyl groups excluding tert-OH is 2. The summed E-state index contributed by atoms with van der Waals surface area (Å²) < 4.78 is 0.850. The van der Waals surface area contributed by atoms with Crippen molar-refractivity contribution >= 4 is 81.8 Å². The number of carboxylic acid groups (broad SMARTS) is 2. The van der Waals surface area contributed by atoms with E-state index in [0.29, 0.717) is 17.0 Å². The number of aliphatic hydroxyl groups is 4. The number of hydroxylamine groups is 2. The Hall–Kier alpha value is -6.09. The van der Waals surface area contributed by atoms with Crippen LogP contribution in [-0.2, 0) is 38.4 Å². The first-order chi connectivity index (χ1) is 30.2. The van der Waals surface area contributed by atoms with E-state index in [1.165, 1.54) is 18.2 Å². The molecular formula is C40H49IN6O17. The van der Waals surface area contributed by atoms with Gasteiger partial charge in [0.05, 0.1) is 5.56 Å². The Labute approximate surface area is 378 Å². The van der Waals surface area contributed by atoms with E-state index < -0.39 is 129 Å². The molecule has 11 N–H and O–H groups in total. The Kier molecular flexibility index (Phi) is 21.1. The van der Waals surface area contributed by atoms with Crippen LogP contribution < -0.4 is 26.6 Å². The van der Waals surface area contributed by atoms with Gasteiger partial charge in [0.15, 0.2) is 12.6 Å². The smallest absolute Gasteiger partial charge is 0.363 e. The van der Waals surface area contributed by atoms with Crippen molar-refractivity contribution in [3.05, 3.63) is 68.8 Å². The van der Waals surface area contributed by atoms with Gasteiger partial charge >= 0.3 is 17.9 Å². The summed E-state index contributed by atoms with van der Waals surface area (Å²) in [6, 6.07) is 4.95. The van der Waals surface area contributed by atoms with E-state index in [-0.39, 0.29) is 49.3 Å². The van der Waals surface area contributed by atoms with Gasteiger partial charge in [-0.3, -0.25) is 38.4 Å². The Bertz CT molecular complexity index is 2030. The average molecular weight is 1010 g/mol. The van der Waals surface area contributed by atoms with E-state index >= 15 is 0 Å². The molecule has 64 heavy (non-hydrogen) atoms. The predicted octanol–water partition coefficient (Wildman–Crippen LogP) is -1.20. The van der Waals surface area contributed by atoms with Gasteiger partial charge in [0.25, 0.3) is 23.6 Å². The zero-order valence-electron chi connectivity index (χ0n) is 34.1. The first-order valence-electron chi connectivity index (χ1n) is 19.9. The van der Waals surface area contributed by atoms with Gasteiger partial charge in [-0.2, -0.15) is 0 Å². The first kappa shape index (κ1) is 52.3. The monoisotopic (exact) mass is 1010 g/mol. The molecule has 0 spiro atoms. The van der Waals surface area contributed by atoms with Crippen molar-refractivity contribution in [2.45, 2.75) is 107 Å². The quantitative estimate of drug-likeness (QED) is 0.0228. The molecule has 7 amide bonds. The number of hydrogen-bond acceptors (Lipinski definition) is 15. The van der Waals surface area contributed by atoms with Gasteiger partial charge < -0.3 is 62.1 Å². The number of aliphatic carboxylic acids is 2. The van der Waals surface area contributed by atoms with Gasteiger partial charge in [-0.25, -0.2) is 9.59 Å². The van der Waals surface area contributed by atoms with Crippen LogP contribution in [0.25, 0.3) is 0 Å². The van der Waals surface area contributed by atoms with Crippen molar-refractivity contribution in [3.63, 3.8) is 0 Å². The highest BCUT2D eigenvalue weighted by Gasteiger charge is 2.34. The minimum atomic E-state index is -1.98.